The molecule has 3 N–H and O–H groups in total. The zero-order valence-electron chi connectivity index (χ0n) is 14.2. The van der Waals surface area contributed by atoms with E-state index in [0.717, 1.165) is 5.56 Å². The zero-order valence-corrected chi connectivity index (χ0v) is 15.8. The Kier molecular flexibility index (Phi) is 5.25. The Morgan fingerprint density at radius 2 is 1.96 bits per heavy atom. The molecule has 3 rings (SSSR count). The summed E-state index contributed by atoms with van der Waals surface area (Å²) in [6.45, 7) is 3.61. The van der Waals surface area contributed by atoms with Crippen molar-refractivity contribution in [2.24, 2.45) is 0 Å². The summed E-state index contributed by atoms with van der Waals surface area (Å²) in [5, 5.41) is 9.63. The van der Waals surface area contributed by atoms with Gasteiger partial charge < -0.3 is 16.0 Å². The Labute approximate surface area is 161 Å². The number of halogens is 2. The van der Waals surface area contributed by atoms with E-state index >= 15 is 0 Å². The summed E-state index contributed by atoms with van der Waals surface area (Å²) in [7, 11) is 0. The van der Waals surface area contributed by atoms with Gasteiger partial charge in [-0.05, 0) is 49.8 Å². The molecule has 0 aliphatic carbocycles. The second kappa shape index (κ2) is 7.43. The third-order valence-corrected chi connectivity index (χ3v) is 4.63. The van der Waals surface area contributed by atoms with Crippen molar-refractivity contribution >= 4 is 40.5 Å². The van der Waals surface area contributed by atoms with Crippen molar-refractivity contribution in [2.45, 2.75) is 19.9 Å². The van der Waals surface area contributed by atoms with Gasteiger partial charge in [-0.25, -0.2) is 4.39 Å². The third-order valence-electron chi connectivity index (χ3n) is 4.18. The normalized spacial score (nSPS) is 16.8. The molecule has 7 heteroatoms. The summed E-state index contributed by atoms with van der Waals surface area (Å²) in [4.78, 5) is 13.0. The van der Waals surface area contributed by atoms with E-state index < -0.39 is 11.9 Å². The van der Waals surface area contributed by atoms with Gasteiger partial charge in [-0.1, -0.05) is 35.9 Å². The molecule has 1 unspecified atom stereocenters. The quantitative estimate of drug-likeness (QED) is 0.688. The van der Waals surface area contributed by atoms with Crippen LogP contribution < -0.4 is 16.0 Å². The Morgan fingerprint density at radius 3 is 2.69 bits per heavy atom. The van der Waals surface area contributed by atoms with Gasteiger partial charge in [0, 0.05) is 22.0 Å². The van der Waals surface area contributed by atoms with Crippen LogP contribution in [0.5, 0.6) is 0 Å². The minimum absolute atomic E-state index is 0.339. The van der Waals surface area contributed by atoms with E-state index in [2.05, 4.69) is 16.0 Å². The molecule has 0 saturated carbocycles. The Bertz CT molecular complexity index is 929. The fourth-order valence-corrected chi connectivity index (χ4v) is 3.30. The molecular weight excluding hydrogens is 373 g/mol. The van der Waals surface area contributed by atoms with E-state index in [-0.39, 0.29) is 5.91 Å². The molecule has 134 valence electrons. The van der Waals surface area contributed by atoms with E-state index in [4.69, 9.17) is 23.8 Å². The van der Waals surface area contributed by atoms with Crippen molar-refractivity contribution in [3.05, 3.63) is 75.7 Å². The summed E-state index contributed by atoms with van der Waals surface area (Å²) >= 11 is 11.2. The maximum atomic E-state index is 14.3. The van der Waals surface area contributed by atoms with E-state index in [1.807, 2.05) is 13.0 Å². The molecule has 2 aromatic rings. The molecule has 1 amide bonds. The number of hydrogen-bond acceptors (Lipinski definition) is 2. The smallest absolute Gasteiger partial charge is 0.255 e. The number of allylic oxidation sites excluding steroid dienone is 1. The Morgan fingerprint density at radius 1 is 1.23 bits per heavy atom. The van der Waals surface area contributed by atoms with Crippen LogP contribution in [0, 0.1) is 12.7 Å². The molecule has 1 atom stereocenters. The molecule has 26 heavy (non-hydrogen) atoms. The minimum atomic E-state index is -0.690. The van der Waals surface area contributed by atoms with Crippen LogP contribution in [0.1, 0.15) is 24.1 Å². The summed E-state index contributed by atoms with van der Waals surface area (Å²) in [6.07, 6.45) is 0. The van der Waals surface area contributed by atoms with Crippen molar-refractivity contribution in [3.8, 4) is 0 Å². The molecule has 0 bridgehead atoms. The molecule has 1 aliphatic rings. The molecule has 0 fully saturated rings. The largest absolute Gasteiger partial charge is 0.351 e. The van der Waals surface area contributed by atoms with Crippen LogP contribution in [0.4, 0.5) is 10.1 Å². The number of aryl methyl sites for hydroxylation is 1. The van der Waals surface area contributed by atoms with Gasteiger partial charge in [-0.15, -0.1) is 0 Å². The van der Waals surface area contributed by atoms with Crippen LogP contribution in [0.15, 0.2) is 53.7 Å². The lowest BCUT2D eigenvalue weighted by Gasteiger charge is -2.30. The van der Waals surface area contributed by atoms with Gasteiger partial charge in [0.25, 0.3) is 5.91 Å². The number of nitrogens with one attached hydrogen (secondary N) is 3. The number of carbonyl (C=O) groups is 1. The lowest BCUT2D eigenvalue weighted by atomic mass is 9.94. The molecule has 2 aromatic carbocycles. The predicted molar refractivity (Wildman–Crippen MR) is 106 cm³/mol. The molecular formula is C19H17ClFN3OS. The maximum Gasteiger partial charge on any atom is 0.255 e. The zero-order chi connectivity index (χ0) is 18.8. The number of rotatable bonds is 3. The predicted octanol–water partition coefficient (Wildman–Crippen LogP) is 4.22. The van der Waals surface area contributed by atoms with Crippen LogP contribution in [0.3, 0.4) is 0 Å². The van der Waals surface area contributed by atoms with Gasteiger partial charge in [0.15, 0.2) is 5.11 Å². The maximum absolute atomic E-state index is 14.3. The molecule has 0 saturated heterocycles. The van der Waals surface area contributed by atoms with Crippen molar-refractivity contribution in [3.63, 3.8) is 0 Å². The first-order chi connectivity index (χ1) is 12.4. The number of carbonyl (C=O) groups excluding carboxylic acids is 1. The van der Waals surface area contributed by atoms with Crippen LogP contribution in [0.2, 0.25) is 5.02 Å². The molecule has 1 aliphatic heterocycles. The highest BCUT2D eigenvalue weighted by Crippen LogP contribution is 2.30. The first-order valence-electron chi connectivity index (χ1n) is 7.97. The van der Waals surface area contributed by atoms with E-state index in [1.165, 1.54) is 6.07 Å². The van der Waals surface area contributed by atoms with Gasteiger partial charge in [0.05, 0.1) is 11.6 Å². The van der Waals surface area contributed by atoms with Crippen LogP contribution in [-0.4, -0.2) is 11.0 Å². The SMILES string of the molecule is CC1=C(C(=O)Nc2cc(Cl)ccc2C)C(c2ccccc2F)NC(=S)N1. The highest BCUT2D eigenvalue weighted by atomic mass is 35.5. The average Bonchev–Trinajstić information content (AvgIpc) is 2.57. The van der Waals surface area contributed by atoms with Gasteiger partial charge in [-0.3, -0.25) is 4.79 Å². The van der Waals surface area contributed by atoms with Crippen LogP contribution in [-0.2, 0) is 4.79 Å². The summed E-state index contributed by atoms with van der Waals surface area (Å²) < 4.78 is 14.3. The summed E-state index contributed by atoms with van der Waals surface area (Å²) in [6, 6.07) is 10.9. The Balaban J connectivity index is 2.00. The number of hydrogen-bond donors (Lipinski definition) is 3. The van der Waals surface area contributed by atoms with Crippen molar-refractivity contribution in [2.75, 3.05) is 5.32 Å². The lowest BCUT2D eigenvalue weighted by molar-refractivity contribution is -0.113. The number of benzene rings is 2. The molecule has 0 radical (unpaired) electrons. The van der Waals surface area contributed by atoms with Gasteiger partial charge in [-0.2, -0.15) is 0 Å². The van der Waals surface area contributed by atoms with E-state index in [1.54, 1.807) is 37.3 Å². The standard InChI is InChI=1S/C19H17ClFN3OS/c1-10-7-8-12(20)9-15(10)23-18(25)16-11(2)22-19(26)24-17(16)13-5-3-4-6-14(13)21/h3-9,17H,1-2H3,(H,23,25)(H2,22,24,26). The molecule has 1 heterocycles. The van der Waals surface area contributed by atoms with Crippen LogP contribution >= 0.6 is 23.8 Å². The van der Waals surface area contributed by atoms with Gasteiger partial charge >= 0.3 is 0 Å². The monoisotopic (exact) mass is 389 g/mol. The minimum Gasteiger partial charge on any atom is -0.351 e. The fraction of sp³-hybridized carbons (Fsp3) is 0.158. The van der Waals surface area contributed by atoms with Crippen molar-refractivity contribution in [1.82, 2.24) is 10.6 Å². The highest BCUT2D eigenvalue weighted by molar-refractivity contribution is 7.80. The number of anilines is 1. The number of thiocarbonyl (C=S) groups is 1. The topological polar surface area (TPSA) is 53.2 Å². The van der Waals surface area contributed by atoms with Crippen molar-refractivity contribution in [1.29, 1.82) is 0 Å². The van der Waals surface area contributed by atoms with Gasteiger partial charge in [0.2, 0.25) is 0 Å². The van der Waals surface area contributed by atoms with Crippen molar-refractivity contribution < 1.29 is 9.18 Å². The lowest BCUT2D eigenvalue weighted by Crippen LogP contribution is -2.46. The average molecular weight is 390 g/mol. The highest BCUT2D eigenvalue weighted by Gasteiger charge is 2.31. The van der Waals surface area contributed by atoms with Crippen LogP contribution in [0.25, 0.3) is 0 Å². The van der Waals surface area contributed by atoms with E-state index in [0.29, 0.717) is 32.7 Å². The first kappa shape index (κ1) is 18.4. The third kappa shape index (κ3) is 3.71. The summed E-state index contributed by atoms with van der Waals surface area (Å²) in [5.41, 5.74) is 2.75. The molecule has 0 spiro atoms. The molecule has 4 nitrogen and oxygen atoms in total. The summed E-state index contributed by atoms with van der Waals surface area (Å²) in [5.74, 6) is -0.768. The fourth-order valence-electron chi connectivity index (χ4n) is 2.86. The number of amides is 1. The van der Waals surface area contributed by atoms with E-state index in [9.17, 15) is 9.18 Å². The van der Waals surface area contributed by atoms with Gasteiger partial charge in [0.1, 0.15) is 5.82 Å². The second-order valence-electron chi connectivity index (χ2n) is 6.01. The second-order valence-corrected chi connectivity index (χ2v) is 6.85. The molecule has 0 aromatic heterocycles. The first-order valence-corrected chi connectivity index (χ1v) is 8.75. The Hall–Kier alpha value is -2.44.